The van der Waals surface area contributed by atoms with Crippen LogP contribution < -0.4 is 10.6 Å². The van der Waals surface area contributed by atoms with E-state index in [9.17, 15) is 18.0 Å². The number of primary amides is 1. The third kappa shape index (κ3) is 4.13. The van der Waals surface area contributed by atoms with E-state index in [-0.39, 0.29) is 17.3 Å². The Labute approximate surface area is 135 Å². The number of nitrogens with two attached hydrogens (primary N) is 1. The summed E-state index contributed by atoms with van der Waals surface area (Å²) in [7, 11) is 1.62. The second-order valence-electron chi connectivity index (χ2n) is 4.94. The van der Waals surface area contributed by atoms with Crippen molar-refractivity contribution in [2.45, 2.75) is 12.7 Å². The maximum atomic E-state index is 12.8. The van der Waals surface area contributed by atoms with E-state index in [0.717, 1.165) is 12.1 Å². The zero-order valence-electron chi connectivity index (χ0n) is 12.1. The van der Waals surface area contributed by atoms with Gasteiger partial charge in [-0.3, -0.25) is 4.79 Å². The first-order valence-corrected chi connectivity index (χ1v) is 6.89. The summed E-state index contributed by atoms with van der Waals surface area (Å²) in [6.07, 6.45) is -3.17. The SMILES string of the molecule is CN(Cc1cccc(C(F)(F)F)c1)c1cc(Cl)ncc1C(N)=O. The molecule has 0 radical (unpaired) electrons. The van der Waals surface area contributed by atoms with Crippen LogP contribution in [0.1, 0.15) is 21.5 Å². The Morgan fingerprint density at radius 3 is 2.65 bits per heavy atom. The van der Waals surface area contributed by atoms with Gasteiger partial charge in [-0.25, -0.2) is 4.98 Å². The molecule has 0 spiro atoms. The maximum absolute atomic E-state index is 12.8. The standard InChI is InChI=1S/C15H13ClF3N3O/c1-22(12-6-13(16)21-7-11(12)14(20)23)8-9-3-2-4-10(5-9)15(17,18)19/h2-7H,8H2,1H3,(H2,20,23). The van der Waals surface area contributed by atoms with Gasteiger partial charge >= 0.3 is 6.18 Å². The van der Waals surface area contributed by atoms with Crippen molar-refractivity contribution >= 4 is 23.2 Å². The van der Waals surface area contributed by atoms with Gasteiger partial charge in [-0.15, -0.1) is 0 Å². The monoisotopic (exact) mass is 343 g/mol. The molecule has 0 aliphatic heterocycles. The highest BCUT2D eigenvalue weighted by molar-refractivity contribution is 6.29. The predicted octanol–water partition coefficient (Wildman–Crippen LogP) is 3.49. The molecule has 0 fully saturated rings. The van der Waals surface area contributed by atoms with Crippen LogP contribution in [-0.2, 0) is 12.7 Å². The lowest BCUT2D eigenvalue weighted by Crippen LogP contribution is -2.22. The molecule has 0 saturated carbocycles. The normalized spacial score (nSPS) is 11.3. The Bertz CT molecular complexity index is 734. The second-order valence-corrected chi connectivity index (χ2v) is 5.33. The van der Waals surface area contributed by atoms with E-state index in [0.29, 0.717) is 11.3 Å². The molecule has 8 heteroatoms. The fourth-order valence-electron chi connectivity index (χ4n) is 2.13. The Hall–Kier alpha value is -2.28. The second kappa shape index (κ2) is 6.45. The Kier molecular flexibility index (Phi) is 4.79. The Balaban J connectivity index is 2.31. The fraction of sp³-hybridized carbons (Fsp3) is 0.200. The summed E-state index contributed by atoms with van der Waals surface area (Å²) in [5, 5.41) is 0.154. The van der Waals surface area contributed by atoms with Gasteiger partial charge in [0.2, 0.25) is 0 Å². The van der Waals surface area contributed by atoms with Gasteiger partial charge in [0.05, 0.1) is 16.8 Å². The lowest BCUT2D eigenvalue weighted by molar-refractivity contribution is -0.137. The third-order valence-corrected chi connectivity index (χ3v) is 3.41. The average Bonchev–Trinajstić information content (AvgIpc) is 2.46. The molecule has 1 heterocycles. The largest absolute Gasteiger partial charge is 0.416 e. The number of benzene rings is 1. The van der Waals surface area contributed by atoms with E-state index in [1.165, 1.54) is 18.3 Å². The molecule has 1 aromatic heterocycles. The Morgan fingerprint density at radius 1 is 1.35 bits per heavy atom. The molecule has 23 heavy (non-hydrogen) atoms. The molecule has 0 aliphatic rings. The third-order valence-electron chi connectivity index (χ3n) is 3.20. The highest BCUT2D eigenvalue weighted by Gasteiger charge is 2.30. The van der Waals surface area contributed by atoms with Crippen LogP contribution in [-0.4, -0.2) is 17.9 Å². The molecule has 0 bridgehead atoms. The van der Waals surface area contributed by atoms with Crippen LogP contribution in [0.4, 0.5) is 18.9 Å². The lowest BCUT2D eigenvalue weighted by Gasteiger charge is -2.22. The van der Waals surface area contributed by atoms with Gasteiger partial charge in [0.1, 0.15) is 5.15 Å². The lowest BCUT2D eigenvalue weighted by atomic mass is 10.1. The van der Waals surface area contributed by atoms with Crippen molar-refractivity contribution < 1.29 is 18.0 Å². The van der Waals surface area contributed by atoms with Crippen molar-refractivity contribution in [3.63, 3.8) is 0 Å². The van der Waals surface area contributed by atoms with Crippen LogP contribution in [0.3, 0.4) is 0 Å². The molecule has 4 nitrogen and oxygen atoms in total. The predicted molar refractivity (Wildman–Crippen MR) is 81.3 cm³/mol. The van der Waals surface area contributed by atoms with E-state index >= 15 is 0 Å². The maximum Gasteiger partial charge on any atom is 0.416 e. The molecule has 1 amide bonds. The minimum Gasteiger partial charge on any atom is -0.369 e. The van der Waals surface area contributed by atoms with Gasteiger partial charge in [0.15, 0.2) is 0 Å². The molecule has 2 aromatic rings. The number of hydrogen-bond donors (Lipinski definition) is 1. The summed E-state index contributed by atoms with van der Waals surface area (Å²) in [5.74, 6) is -0.694. The zero-order chi connectivity index (χ0) is 17.2. The van der Waals surface area contributed by atoms with Crippen LogP contribution >= 0.6 is 11.6 Å². The molecule has 122 valence electrons. The van der Waals surface area contributed by atoms with E-state index in [1.807, 2.05) is 0 Å². The zero-order valence-corrected chi connectivity index (χ0v) is 12.8. The molecule has 2 rings (SSSR count). The van der Waals surface area contributed by atoms with Gasteiger partial charge in [-0.05, 0) is 23.8 Å². The molecular weight excluding hydrogens is 331 g/mol. The average molecular weight is 344 g/mol. The minimum absolute atomic E-state index is 0.142. The van der Waals surface area contributed by atoms with Crippen molar-refractivity contribution in [1.29, 1.82) is 0 Å². The van der Waals surface area contributed by atoms with Crippen LogP contribution in [0.2, 0.25) is 5.15 Å². The quantitative estimate of drug-likeness (QED) is 0.864. The van der Waals surface area contributed by atoms with Crippen molar-refractivity contribution in [3.05, 3.63) is 58.4 Å². The van der Waals surface area contributed by atoms with Crippen LogP contribution in [0.15, 0.2) is 36.5 Å². The van der Waals surface area contributed by atoms with Gasteiger partial charge in [-0.1, -0.05) is 23.7 Å². The first kappa shape index (κ1) is 17.1. The van der Waals surface area contributed by atoms with E-state index < -0.39 is 17.6 Å². The first-order valence-electron chi connectivity index (χ1n) is 6.51. The number of hydrogen-bond acceptors (Lipinski definition) is 3. The Morgan fingerprint density at radius 2 is 2.04 bits per heavy atom. The van der Waals surface area contributed by atoms with Crippen molar-refractivity contribution in [3.8, 4) is 0 Å². The number of carbonyl (C=O) groups excluding carboxylic acids is 1. The minimum atomic E-state index is -4.41. The van der Waals surface area contributed by atoms with Crippen molar-refractivity contribution in [1.82, 2.24) is 4.98 Å². The van der Waals surface area contributed by atoms with Crippen LogP contribution in [0.5, 0.6) is 0 Å². The fourth-order valence-corrected chi connectivity index (χ4v) is 2.28. The van der Waals surface area contributed by atoms with Gasteiger partial charge in [0.25, 0.3) is 5.91 Å². The molecule has 2 N–H and O–H groups in total. The van der Waals surface area contributed by atoms with E-state index in [4.69, 9.17) is 17.3 Å². The summed E-state index contributed by atoms with van der Waals surface area (Å²) in [5.41, 5.74) is 5.53. The molecule has 0 atom stereocenters. The summed E-state index contributed by atoms with van der Waals surface area (Å²) in [6, 6.07) is 6.40. The topological polar surface area (TPSA) is 59.2 Å². The number of rotatable bonds is 4. The number of amides is 1. The highest BCUT2D eigenvalue weighted by Crippen LogP contribution is 2.30. The molecule has 0 saturated heterocycles. The van der Waals surface area contributed by atoms with Crippen LogP contribution in [0.25, 0.3) is 0 Å². The number of halogens is 4. The van der Waals surface area contributed by atoms with E-state index in [2.05, 4.69) is 4.98 Å². The number of pyridine rings is 1. The van der Waals surface area contributed by atoms with Gasteiger partial charge < -0.3 is 10.6 Å². The number of aromatic nitrogens is 1. The molecular formula is C15H13ClF3N3O. The van der Waals surface area contributed by atoms with Crippen LogP contribution in [0, 0.1) is 0 Å². The van der Waals surface area contributed by atoms with Crippen molar-refractivity contribution in [2.24, 2.45) is 5.73 Å². The number of anilines is 1. The van der Waals surface area contributed by atoms with Gasteiger partial charge in [-0.2, -0.15) is 13.2 Å². The molecule has 0 unspecified atom stereocenters. The summed E-state index contributed by atoms with van der Waals surface area (Å²) in [6.45, 7) is 0.143. The summed E-state index contributed by atoms with van der Waals surface area (Å²) in [4.78, 5) is 16.8. The number of alkyl halides is 3. The highest BCUT2D eigenvalue weighted by atomic mass is 35.5. The van der Waals surface area contributed by atoms with Crippen molar-refractivity contribution in [2.75, 3.05) is 11.9 Å². The smallest absolute Gasteiger partial charge is 0.369 e. The summed E-state index contributed by atoms with van der Waals surface area (Å²) >= 11 is 5.81. The summed E-state index contributed by atoms with van der Waals surface area (Å²) < 4.78 is 38.3. The first-order chi connectivity index (χ1) is 10.7. The van der Waals surface area contributed by atoms with E-state index in [1.54, 1.807) is 18.0 Å². The van der Waals surface area contributed by atoms with Gasteiger partial charge in [0, 0.05) is 19.8 Å². The molecule has 0 aliphatic carbocycles. The molecule has 1 aromatic carbocycles. The number of nitrogens with zero attached hydrogens (tertiary/aromatic N) is 2. The number of carbonyl (C=O) groups is 1.